The van der Waals surface area contributed by atoms with E-state index in [4.69, 9.17) is 10.8 Å². The topological polar surface area (TPSA) is 122 Å². The molecule has 0 aliphatic carbocycles. The molecule has 0 radical (unpaired) electrons. The molecule has 0 saturated heterocycles. The molecule has 0 aliphatic rings. The second-order valence-corrected chi connectivity index (χ2v) is 5.06. The molecule has 0 spiro atoms. The molecule has 1 rings (SSSR count). The Bertz CT molecular complexity index is 417. The number of unbranched alkanes of at least 4 members (excludes halogenated alkanes) is 1. The summed E-state index contributed by atoms with van der Waals surface area (Å²) in [5, 5.41) is 12.0. The van der Waals surface area contributed by atoms with Gasteiger partial charge in [-0.15, -0.1) is 0 Å². The Balaban J connectivity index is 2.04. The van der Waals surface area contributed by atoms with Crippen molar-refractivity contribution < 1.29 is 14.4 Å². The lowest BCUT2D eigenvalue weighted by molar-refractivity contribution is -0.137. The molecule has 0 saturated carbocycles. The smallest absolute Gasteiger partial charge is 0.438 e. The van der Waals surface area contributed by atoms with Crippen LogP contribution in [0.25, 0.3) is 0 Å². The largest absolute Gasteiger partial charge is 0.481 e. The number of nitrogens with two attached hydrogens (primary N) is 1. The van der Waals surface area contributed by atoms with Gasteiger partial charge in [0.25, 0.3) is 0 Å². The number of hydrogen-bond donors (Lipinski definition) is 3. The van der Waals surface area contributed by atoms with Crippen molar-refractivity contribution >= 4 is 17.7 Å². The Morgan fingerprint density at radius 3 is 2.89 bits per heavy atom. The zero-order valence-corrected chi connectivity index (χ0v) is 10.7. The monoisotopic (exact) mass is 275 g/mol. The van der Waals surface area contributed by atoms with Gasteiger partial charge in [-0.2, -0.15) is 11.8 Å². The van der Waals surface area contributed by atoms with Crippen LogP contribution in [0.15, 0.2) is 9.32 Å². The summed E-state index contributed by atoms with van der Waals surface area (Å²) in [6, 6.07) is -0.331. The van der Waals surface area contributed by atoms with Crippen LogP contribution in [0.3, 0.4) is 0 Å². The van der Waals surface area contributed by atoms with Crippen LogP contribution in [0.4, 0.5) is 0 Å². The lowest BCUT2D eigenvalue weighted by Gasteiger charge is -2.06. The molecule has 0 amide bonds. The first-order valence-corrected chi connectivity index (χ1v) is 6.86. The molecule has 102 valence electrons. The number of aromatic amines is 1. The fourth-order valence-electron chi connectivity index (χ4n) is 1.33. The number of rotatable bonds is 9. The third kappa shape index (κ3) is 5.87. The average Bonchev–Trinajstić information content (AvgIpc) is 2.74. The van der Waals surface area contributed by atoms with E-state index in [1.54, 1.807) is 11.8 Å². The van der Waals surface area contributed by atoms with E-state index >= 15 is 0 Å². The van der Waals surface area contributed by atoms with Crippen molar-refractivity contribution in [1.29, 1.82) is 0 Å². The van der Waals surface area contributed by atoms with E-state index in [1.807, 2.05) is 0 Å². The van der Waals surface area contributed by atoms with Gasteiger partial charge in [-0.25, -0.2) is 4.79 Å². The van der Waals surface area contributed by atoms with Crippen molar-refractivity contribution in [2.24, 2.45) is 5.73 Å². The van der Waals surface area contributed by atoms with Crippen LogP contribution >= 0.6 is 11.8 Å². The zero-order chi connectivity index (χ0) is 13.4. The third-order valence-electron chi connectivity index (χ3n) is 2.31. The maximum atomic E-state index is 10.7. The molecule has 8 heteroatoms. The van der Waals surface area contributed by atoms with Gasteiger partial charge in [0.15, 0.2) is 5.82 Å². The second-order valence-electron chi connectivity index (χ2n) is 3.84. The number of aromatic nitrogens is 2. The predicted octanol–water partition coefficient (Wildman–Crippen LogP) is 0.741. The Morgan fingerprint density at radius 2 is 2.28 bits per heavy atom. The summed E-state index contributed by atoms with van der Waals surface area (Å²) in [5.74, 6) is 0.767. The summed E-state index contributed by atoms with van der Waals surface area (Å²) in [5.41, 5.74) is 5.81. The van der Waals surface area contributed by atoms with Crippen LogP contribution in [0.2, 0.25) is 0 Å². The van der Waals surface area contributed by atoms with Crippen LogP contribution in [0, 0.1) is 0 Å². The minimum Gasteiger partial charge on any atom is -0.481 e. The maximum Gasteiger partial charge on any atom is 0.438 e. The number of carboxylic acids is 1. The highest BCUT2D eigenvalue weighted by molar-refractivity contribution is 7.99. The lowest BCUT2D eigenvalue weighted by Crippen LogP contribution is -2.14. The van der Waals surface area contributed by atoms with E-state index in [0.29, 0.717) is 18.7 Å². The van der Waals surface area contributed by atoms with Gasteiger partial charge in [0, 0.05) is 6.42 Å². The molecule has 1 aromatic heterocycles. The van der Waals surface area contributed by atoms with E-state index in [1.165, 1.54) is 0 Å². The van der Waals surface area contributed by atoms with Gasteiger partial charge in [-0.1, -0.05) is 5.16 Å². The molecule has 0 fully saturated rings. The summed E-state index contributed by atoms with van der Waals surface area (Å²) < 4.78 is 4.36. The summed E-state index contributed by atoms with van der Waals surface area (Å²) in [6.07, 6.45) is 2.49. The van der Waals surface area contributed by atoms with E-state index in [0.717, 1.165) is 17.9 Å². The number of carboxylic acid groups (broad SMARTS) is 1. The van der Waals surface area contributed by atoms with Crippen LogP contribution in [0.1, 0.15) is 37.5 Å². The fourth-order valence-corrected chi connectivity index (χ4v) is 2.36. The minimum atomic E-state index is -0.753. The number of aliphatic carboxylic acids is 1. The number of H-pyrrole nitrogens is 1. The van der Waals surface area contributed by atoms with Gasteiger partial charge in [-0.05, 0) is 30.8 Å². The minimum absolute atomic E-state index is 0.222. The number of thioether (sulfide) groups is 1. The summed E-state index contributed by atoms with van der Waals surface area (Å²) in [4.78, 5) is 23.4. The standard InChI is InChI=1S/C10H17N3O4S/c11-7(9-12-10(16)17-13-9)4-6-18-5-2-1-3-8(14)15/h7H,1-6,11H2,(H,14,15)(H,12,13,16). The number of carbonyl (C=O) groups is 1. The fraction of sp³-hybridized carbons (Fsp3) is 0.700. The molecule has 0 aliphatic heterocycles. The van der Waals surface area contributed by atoms with Gasteiger partial charge in [0.2, 0.25) is 0 Å². The zero-order valence-electron chi connectivity index (χ0n) is 9.92. The second kappa shape index (κ2) is 7.93. The van der Waals surface area contributed by atoms with Gasteiger partial charge < -0.3 is 10.8 Å². The van der Waals surface area contributed by atoms with Crippen LogP contribution in [-0.2, 0) is 4.79 Å². The highest BCUT2D eigenvalue weighted by atomic mass is 32.2. The van der Waals surface area contributed by atoms with E-state index in [2.05, 4.69) is 14.7 Å². The summed E-state index contributed by atoms with van der Waals surface area (Å²) in [7, 11) is 0. The van der Waals surface area contributed by atoms with Crippen LogP contribution in [-0.4, -0.2) is 32.7 Å². The molecule has 0 aromatic carbocycles. The highest BCUT2D eigenvalue weighted by Crippen LogP contribution is 2.14. The molecule has 1 aromatic rings. The molecule has 1 heterocycles. The van der Waals surface area contributed by atoms with E-state index in [-0.39, 0.29) is 12.5 Å². The normalized spacial score (nSPS) is 12.5. The van der Waals surface area contributed by atoms with Gasteiger partial charge in [0.1, 0.15) is 0 Å². The first kappa shape index (κ1) is 14.8. The molecular weight excluding hydrogens is 258 g/mol. The quantitative estimate of drug-likeness (QED) is 0.568. The first-order chi connectivity index (χ1) is 8.59. The number of nitrogens with one attached hydrogen (secondary N) is 1. The molecule has 18 heavy (non-hydrogen) atoms. The summed E-state index contributed by atoms with van der Waals surface area (Å²) >= 11 is 1.71. The van der Waals surface area contributed by atoms with Crippen LogP contribution < -0.4 is 11.5 Å². The van der Waals surface area contributed by atoms with Crippen LogP contribution in [0.5, 0.6) is 0 Å². The SMILES string of the molecule is NC(CCSCCCCC(=O)O)c1noc(=O)[nH]1. The predicted molar refractivity (Wildman–Crippen MR) is 67.5 cm³/mol. The highest BCUT2D eigenvalue weighted by Gasteiger charge is 2.10. The molecule has 4 N–H and O–H groups in total. The van der Waals surface area contributed by atoms with E-state index in [9.17, 15) is 9.59 Å². The van der Waals surface area contributed by atoms with Gasteiger partial charge in [-0.3, -0.25) is 14.3 Å². The van der Waals surface area contributed by atoms with Crippen molar-refractivity contribution in [3.8, 4) is 0 Å². The Hall–Kier alpha value is -1.28. The third-order valence-corrected chi connectivity index (χ3v) is 3.41. The first-order valence-electron chi connectivity index (χ1n) is 5.70. The van der Waals surface area contributed by atoms with Crippen molar-refractivity contribution in [3.05, 3.63) is 16.4 Å². The van der Waals surface area contributed by atoms with Crippen molar-refractivity contribution in [1.82, 2.24) is 10.1 Å². The Labute approximate surface area is 108 Å². The van der Waals surface area contributed by atoms with Gasteiger partial charge in [0.05, 0.1) is 6.04 Å². The number of hydrogen-bond acceptors (Lipinski definition) is 6. The van der Waals surface area contributed by atoms with Crippen molar-refractivity contribution in [3.63, 3.8) is 0 Å². The Kier molecular flexibility index (Phi) is 6.51. The summed E-state index contributed by atoms with van der Waals surface area (Å²) in [6.45, 7) is 0. The van der Waals surface area contributed by atoms with Crippen molar-refractivity contribution in [2.75, 3.05) is 11.5 Å². The lowest BCUT2D eigenvalue weighted by atomic mass is 10.2. The molecule has 1 unspecified atom stereocenters. The molecule has 1 atom stereocenters. The van der Waals surface area contributed by atoms with E-state index < -0.39 is 11.7 Å². The molecule has 0 bridgehead atoms. The Morgan fingerprint density at radius 1 is 1.50 bits per heavy atom. The van der Waals surface area contributed by atoms with Crippen molar-refractivity contribution in [2.45, 2.75) is 31.7 Å². The average molecular weight is 275 g/mol. The van der Waals surface area contributed by atoms with Gasteiger partial charge >= 0.3 is 11.7 Å². The number of nitrogens with zero attached hydrogens (tertiary/aromatic N) is 1. The molecular formula is C10H17N3O4S. The molecule has 7 nitrogen and oxygen atoms in total. The maximum absolute atomic E-state index is 10.7.